The van der Waals surface area contributed by atoms with Crippen LogP contribution in [0.25, 0.3) is 0 Å². The first-order valence-electron chi connectivity index (χ1n) is 9.14. The molecule has 0 bridgehead atoms. The highest BCUT2D eigenvalue weighted by Crippen LogP contribution is 2.12. The molecule has 0 radical (unpaired) electrons. The number of hydrogen-bond acceptors (Lipinski definition) is 4. The fourth-order valence-electron chi connectivity index (χ4n) is 2.69. The van der Waals surface area contributed by atoms with E-state index in [0.717, 1.165) is 24.1 Å². The number of benzene rings is 2. The molecule has 2 N–H and O–H groups in total. The number of nitriles is 1. The maximum atomic E-state index is 13.2. The minimum atomic E-state index is -1.06. The number of carbonyl (C=O) groups excluding carboxylic acids is 2. The Labute approximate surface area is 168 Å². The lowest BCUT2D eigenvalue weighted by molar-refractivity contribution is -0.125. The molecule has 2 amide bonds. The number of halogens is 2. The summed E-state index contributed by atoms with van der Waals surface area (Å²) in [6, 6.07) is 12.2. The van der Waals surface area contributed by atoms with Crippen LogP contribution in [0.2, 0.25) is 0 Å². The number of rotatable bonds is 9. The minimum Gasteiger partial charge on any atom is -0.346 e. The minimum absolute atomic E-state index is 0.103. The lowest BCUT2D eigenvalue weighted by atomic mass is 10.1. The first-order valence-corrected chi connectivity index (χ1v) is 9.14. The van der Waals surface area contributed by atoms with E-state index in [-0.39, 0.29) is 24.7 Å². The first kappa shape index (κ1) is 22.0. The Morgan fingerprint density at radius 3 is 2.41 bits per heavy atom. The van der Waals surface area contributed by atoms with Gasteiger partial charge in [0.2, 0.25) is 11.8 Å². The number of nitrogens with one attached hydrogen (secondary N) is 2. The number of anilines is 1. The molecule has 0 saturated carbocycles. The van der Waals surface area contributed by atoms with Crippen LogP contribution in [0.4, 0.5) is 14.5 Å². The second-order valence-corrected chi connectivity index (χ2v) is 6.47. The molecule has 6 nitrogen and oxygen atoms in total. The van der Waals surface area contributed by atoms with Crippen LogP contribution in [-0.4, -0.2) is 36.3 Å². The van der Waals surface area contributed by atoms with Crippen molar-refractivity contribution in [2.24, 2.45) is 0 Å². The van der Waals surface area contributed by atoms with Crippen LogP contribution in [0.15, 0.2) is 42.5 Å². The van der Waals surface area contributed by atoms with Crippen molar-refractivity contribution in [3.8, 4) is 6.07 Å². The molecule has 152 valence electrons. The van der Waals surface area contributed by atoms with E-state index in [1.807, 2.05) is 24.0 Å². The van der Waals surface area contributed by atoms with E-state index in [2.05, 4.69) is 16.7 Å². The monoisotopic (exact) mass is 400 g/mol. The van der Waals surface area contributed by atoms with Gasteiger partial charge in [-0.2, -0.15) is 5.26 Å². The highest BCUT2D eigenvalue weighted by atomic mass is 19.2. The van der Waals surface area contributed by atoms with Crippen LogP contribution < -0.4 is 10.6 Å². The summed E-state index contributed by atoms with van der Waals surface area (Å²) in [5.41, 5.74) is 1.65. The fourth-order valence-corrected chi connectivity index (χ4v) is 2.69. The van der Waals surface area contributed by atoms with Crippen molar-refractivity contribution < 1.29 is 18.4 Å². The van der Waals surface area contributed by atoms with E-state index in [1.165, 1.54) is 6.07 Å². The van der Waals surface area contributed by atoms with Gasteiger partial charge < -0.3 is 10.6 Å². The summed E-state index contributed by atoms with van der Waals surface area (Å²) in [5.74, 6) is -2.94. The normalized spacial score (nSPS) is 10.4. The molecule has 0 saturated heterocycles. The van der Waals surface area contributed by atoms with E-state index in [9.17, 15) is 18.4 Å². The molecule has 0 fully saturated rings. The third-order valence-corrected chi connectivity index (χ3v) is 4.05. The maximum absolute atomic E-state index is 13.2. The summed E-state index contributed by atoms with van der Waals surface area (Å²) >= 11 is 0. The summed E-state index contributed by atoms with van der Waals surface area (Å²) < 4.78 is 26.1. The Morgan fingerprint density at radius 2 is 1.79 bits per heavy atom. The second-order valence-electron chi connectivity index (χ2n) is 6.47. The Hall–Kier alpha value is -3.31. The Kier molecular flexibility index (Phi) is 8.25. The Balaban J connectivity index is 1.83. The van der Waals surface area contributed by atoms with Crippen molar-refractivity contribution >= 4 is 17.5 Å². The lowest BCUT2D eigenvalue weighted by Gasteiger charge is -2.21. The molecule has 0 atom stereocenters. The molecule has 2 aromatic rings. The van der Waals surface area contributed by atoms with Gasteiger partial charge in [-0.3, -0.25) is 14.5 Å². The predicted molar refractivity (Wildman–Crippen MR) is 105 cm³/mol. The summed E-state index contributed by atoms with van der Waals surface area (Å²) in [4.78, 5) is 26.0. The average Bonchev–Trinajstić information content (AvgIpc) is 2.70. The summed E-state index contributed by atoms with van der Waals surface area (Å²) in [7, 11) is 0. The van der Waals surface area contributed by atoms with E-state index >= 15 is 0 Å². The van der Waals surface area contributed by atoms with Gasteiger partial charge in [0.15, 0.2) is 11.6 Å². The van der Waals surface area contributed by atoms with Gasteiger partial charge in [-0.25, -0.2) is 8.78 Å². The molecule has 29 heavy (non-hydrogen) atoms. The molecule has 2 rings (SSSR count). The van der Waals surface area contributed by atoms with Gasteiger partial charge in [0.25, 0.3) is 0 Å². The number of hydrogen-bond donors (Lipinski definition) is 2. The van der Waals surface area contributed by atoms with Crippen LogP contribution in [0.1, 0.15) is 24.5 Å². The van der Waals surface area contributed by atoms with Gasteiger partial charge >= 0.3 is 0 Å². The second kappa shape index (κ2) is 10.9. The standard InChI is InChI=1S/C21H22F2N4O2/c1-2-9-27(13-16-5-3-15(11-24)4-6-16)14-21(29)25-12-20(28)26-17-7-8-18(22)19(23)10-17/h3-8,10H,2,9,12-14H2,1H3,(H,25,29)(H,26,28). The Morgan fingerprint density at radius 1 is 1.07 bits per heavy atom. The van der Waals surface area contributed by atoms with E-state index in [0.29, 0.717) is 18.7 Å². The van der Waals surface area contributed by atoms with Gasteiger partial charge in [0.1, 0.15) is 0 Å². The molecule has 0 aliphatic carbocycles. The quantitative estimate of drug-likeness (QED) is 0.678. The van der Waals surface area contributed by atoms with Crippen LogP contribution in [-0.2, 0) is 16.1 Å². The maximum Gasteiger partial charge on any atom is 0.243 e. The van der Waals surface area contributed by atoms with E-state index in [1.54, 1.807) is 12.1 Å². The molecule has 8 heteroatoms. The molecular weight excluding hydrogens is 378 g/mol. The zero-order valence-corrected chi connectivity index (χ0v) is 16.0. The molecule has 0 aromatic heterocycles. The first-order chi connectivity index (χ1) is 13.9. The van der Waals surface area contributed by atoms with Gasteiger partial charge in [-0.1, -0.05) is 19.1 Å². The zero-order valence-electron chi connectivity index (χ0n) is 16.0. The highest BCUT2D eigenvalue weighted by Gasteiger charge is 2.13. The predicted octanol–water partition coefficient (Wildman–Crippen LogP) is 2.80. The summed E-state index contributed by atoms with van der Waals surface area (Å²) in [6.45, 7) is 3.04. The van der Waals surface area contributed by atoms with Gasteiger partial charge in [-0.05, 0) is 42.8 Å². The topological polar surface area (TPSA) is 85.2 Å². The van der Waals surface area contributed by atoms with Crippen molar-refractivity contribution in [2.75, 3.05) is 25.0 Å². The van der Waals surface area contributed by atoms with E-state index < -0.39 is 17.5 Å². The average molecular weight is 400 g/mol. The molecule has 0 spiro atoms. The molecule has 2 aromatic carbocycles. The summed E-state index contributed by atoms with van der Waals surface area (Å²) in [5, 5.41) is 13.8. The molecular formula is C21H22F2N4O2. The van der Waals surface area contributed by atoms with Crippen molar-refractivity contribution in [1.82, 2.24) is 10.2 Å². The van der Waals surface area contributed by atoms with Crippen LogP contribution in [0, 0.1) is 23.0 Å². The van der Waals surface area contributed by atoms with E-state index in [4.69, 9.17) is 5.26 Å². The van der Waals surface area contributed by atoms with Crippen molar-refractivity contribution in [1.29, 1.82) is 5.26 Å². The van der Waals surface area contributed by atoms with Crippen molar-refractivity contribution in [3.05, 3.63) is 65.2 Å². The summed E-state index contributed by atoms with van der Waals surface area (Å²) in [6.07, 6.45) is 0.847. The largest absolute Gasteiger partial charge is 0.346 e. The Bertz CT molecular complexity index is 895. The third-order valence-electron chi connectivity index (χ3n) is 4.05. The SMILES string of the molecule is CCCN(CC(=O)NCC(=O)Nc1ccc(F)c(F)c1)Cc1ccc(C#N)cc1. The lowest BCUT2D eigenvalue weighted by Crippen LogP contribution is -2.40. The van der Waals surface area contributed by atoms with Crippen LogP contribution in [0.5, 0.6) is 0 Å². The van der Waals surface area contributed by atoms with Crippen LogP contribution >= 0.6 is 0 Å². The number of carbonyl (C=O) groups is 2. The van der Waals surface area contributed by atoms with Gasteiger partial charge in [-0.15, -0.1) is 0 Å². The molecule has 0 heterocycles. The molecule has 0 aliphatic rings. The highest BCUT2D eigenvalue weighted by molar-refractivity contribution is 5.94. The van der Waals surface area contributed by atoms with Crippen LogP contribution in [0.3, 0.4) is 0 Å². The van der Waals surface area contributed by atoms with Crippen molar-refractivity contribution in [3.63, 3.8) is 0 Å². The smallest absolute Gasteiger partial charge is 0.243 e. The molecule has 0 aliphatic heterocycles. The number of amides is 2. The fraction of sp³-hybridized carbons (Fsp3) is 0.286. The van der Waals surface area contributed by atoms with Gasteiger partial charge in [0, 0.05) is 18.3 Å². The zero-order chi connectivity index (χ0) is 21.2. The van der Waals surface area contributed by atoms with Crippen molar-refractivity contribution in [2.45, 2.75) is 19.9 Å². The van der Waals surface area contributed by atoms with Gasteiger partial charge in [0.05, 0.1) is 24.7 Å². The third kappa shape index (κ3) is 7.31. The molecule has 0 unspecified atom stereocenters. The number of nitrogens with zero attached hydrogens (tertiary/aromatic N) is 2.